The maximum absolute atomic E-state index is 10.2. The van der Waals surface area contributed by atoms with Gasteiger partial charge in [0.1, 0.15) is 0 Å². The molecule has 52 valence electrons. The SMILES string of the molecule is CCC(CP=O)C(=O)O. The van der Waals surface area contributed by atoms with Crippen LogP contribution < -0.4 is 0 Å². The molecule has 0 bridgehead atoms. The molecule has 0 amide bonds. The lowest BCUT2D eigenvalue weighted by atomic mass is 10.1. The van der Waals surface area contributed by atoms with Crippen molar-refractivity contribution in [2.45, 2.75) is 13.3 Å². The average molecular weight is 148 g/mol. The van der Waals surface area contributed by atoms with Crippen LogP contribution in [0.4, 0.5) is 0 Å². The van der Waals surface area contributed by atoms with Gasteiger partial charge >= 0.3 is 5.97 Å². The van der Waals surface area contributed by atoms with Gasteiger partial charge in [-0.1, -0.05) is 6.92 Å². The van der Waals surface area contributed by atoms with Gasteiger partial charge in [0.2, 0.25) is 0 Å². The predicted octanol–water partition coefficient (Wildman–Crippen LogP) is 1.39. The van der Waals surface area contributed by atoms with E-state index in [1.807, 2.05) is 0 Å². The van der Waals surface area contributed by atoms with Gasteiger partial charge in [-0.2, -0.15) is 0 Å². The van der Waals surface area contributed by atoms with E-state index in [1.165, 1.54) is 0 Å². The summed E-state index contributed by atoms with van der Waals surface area (Å²) in [5.41, 5.74) is 0. The minimum atomic E-state index is -0.860. The zero-order valence-corrected chi connectivity index (χ0v) is 6.10. The molecule has 9 heavy (non-hydrogen) atoms. The van der Waals surface area contributed by atoms with Crippen LogP contribution in [-0.4, -0.2) is 17.2 Å². The van der Waals surface area contributed by atoms with Crippen molar-refractivity contribution in [2.75, 3.05) is 6.16 Å². The third kappa shape index (κ3) is 3.20. The molecule has 0 aromatic carbocycles. The molecule has 1 N–H and O–H groups in total. The first-order valence-corrected chi connectivity index (χ1v) is 3.74. The Balaban J connectivity index is 3.67. The van der Waals surface area contributed by atoms with Crippen LogP contribution in [0.2, 0.25) is 0 Å². The highest BCUT2D eigenvalue weighted by atomic mass is 31.1. The van der Waals surface area contributed by atoms with Crippen molar-refractivity contribution in [1.82, 2.24) is 0 Å². The van der Waals surface area contributed by atoms with Gasteiger partial charge < -0.3 is 5.11 Å². The highest BCUT2D eigenvalue weighted by Gasteiger charge is 2.13. The molecule has 0 spiro atoms. The molecule has 4 heteroatoms. The Hall–Kier alpha value is -0.430. The quantitative estimate of drug-likeness (QED) is 0.613. The Morgan fingerprint density at radius 2 is 2.33 bits per heavy atom. The second kappa shape index (κ2) is 4.45. The number of hydrogen-bond donors (Lipinski definition) is 1. The summed E-state index contributed by atoms with van der Waals surface area (Å²) >= 11 is 0. The van der Waals surface area contributed by atoms with E-state index in [4.69, 9.17) is 5.11 Å². The zero-order valence-electron chi connectivity index (χ0n) is 5.20. The van der Waals surface area contributed by atoms with Crippen molar-refractivity contribution >= 4 is 14.4 Å². The Kier molecular flexibility index (Phi) is 4.24. The van der Waals surface area contributed by atoms with Gasteiger partial charge in [-0.15, -0.1) is 0 Å². The van der Waals surface area contributed by atoms with Crippen LogP contribution in [-0.2, 0) is 9.36 Å². The standard InChI is InChI=1S/C5H9O3P/c1-2-4(3-9-8)5(6)7/h4H,2-3H2,1H3,(H,6,7). The molecule has 0 aromatic heterocycles. The molecular weight excluding hydrogens is 139 g/mol. The first-order chi connectivity index (χ1) is 4.22. The van der Waals surface area contributed by atoms with E-state index in [0.29, 0.717) is 6.42 Å². The van der Waals surface area contributed by atoms with Crippen molar-refractivity contribution < 1.29 is 14.5 Å². The first kappa shape index (κ1) is 8.57. The van der Waals surface area contributed by atoms with Gasteiger partial charge in [-0.25, -0.2) is 0 Å². The van der Waals surface area contributed by atoms with Crippen LogP contribution in [0, 0.1) is 5.92 Å². The largest absolute Gasteiger partial charge is 0.481 e. The van der Waals surface area contributed by atoms with E-state index >= 15 is 0 Å². The van der Waals surface area contributed by atoms with Crippen LogP contribution in [0.25, 0.3) is 0 Å². The maximum Gasteiger partial charge on any atom is 0.307 e. The molecule has 1 atom stereocenters. The van der Waals surface area contributed by atoms with Gasteiger partial charge in [0.25, 0.3) is 0 Å². The van der Waals surface area contributed by atoms with Gasteiger partial charge in [0, 0.05) is 6.16 Å². The van der Waals surface area contributed by atoms with Crippen molar-refractivity contribution in [3.63, 3.8) is 0 Å². The monoisotopic (exact) mass is 148 g/mol. The normalized spacial score (nSPS) is 13.4. The van der Waals surface area contributed by atoms with Crippen molar-refractivity contribution in [3.8, 4) is 0 Å². The Morgan fingerprint density at radius 3 is 2.44 bits per heavy atom. The number of carbonyl (C=O) groups is 1. The lowest BCUT2D eigenvalue weighted by molar-refractivity contribution is -0.141. The number of aliphatic carboxylic acids is 1. The summed E-state index contributed by atoms with van der Waals surface area (Å²) in [4.78, 5) is 10.2. The minimum absolute atomic E-state index is 0.0807. The van der Waals surface area contributed by atoms with Crippen LogP contribution in [0.3, 0.4) is 0 Å². The number of carboxylic acids is 1. The summed E-state index contributed by atoms with van der Waals surface area (Å²) in [6.45, 7) is 1.77. The molecule has 0 aromatic rings. The van der Waals surface area contributed by atoms with Gasteiger partial charge in [0.15, 0.2) is 8.46 Å². The first-order valence-electron chi connectivity index (χ1n) is 2.74. The summed E-state index contributed by atoms with van der Waals surface area (Å²) in [7, 11) is -0.0807. The highest BCUT2D eigenvalue weighted by molar-refractivity contribution is 7.23. The molecule has 0 fully saturated rings. The molecular formula is C5H9O3P. The summed E-state index contributed by atoms with van der Waals surface area (Å²) in [6.07, 6.45) is 0.774. The Labute approximate surface area is 55.3 Å². The molecule has 0 aliphatic heterocycles. The van der Waals surface area contributed by atoms with Gasteiger partial charge in [0.05, 0.1) is 5.92 Å². The predicted molar refractivity (Wildman–Crippen MR) is 33.9 cm³/mol. The summed E-state index contributed by atoms with van der Waals surface area (Å²) in [6, 6.07) is 0. The summed E-state index contributed by atoms with van der Waals surface area (Å²) in [5.74, 6) is -1.30. The molecule has 3 nitrogen and oxygen atoms in total. The second-order valence-electron chi connectivity index (χ2n) is 1.76. The summed E-state index contributed by atoms with van der Waals surface area (Å²) < 4.78 is 9.91. The molecule has 0 heterocycles. The number of hydrogen-bond acceptors (Lipinski definition) is 2. The van der Waals surface area contributed by atoms with Crippen molar-refractivity contribution in [1.29, 1.82) is 0 Å². The van der Waals surface area contributed by atoms with E-state index in [2.05, 4.69) is 0 Å². The van der Waals surface area contributed by atoms with E-state index in [0.717, 1.165) is 0 Å². The highest BCUT2D eigenvalue weighted by Crippen LogP contribution is 2.08. The lowest BCUT2D eigenvalue weighted by Gasteiger charge is -2.01. The van der Waals surface area contributed by atoms with Crippen LogP contribution >= 0.6 is 8.46 Å². The van der Waals surface area contributed by atoms with E-state index in [-0.39, 0.29) is 14.6 Å². The number of carboxylic acid groups (broad SMARTS) is 1. The fourth-order valence-electron chi connectivity index (χ4n) is 0.472. The Bertz CT molecular complexity index is 113. The van der Waals surface area contributed by atoms with E-state index in [1.54, 1.807) is 6.92 Å². The van der Waals surface area contributed by atoms with Crippen molar-refractivity contribution in [2.24, 2.45) is 5.92 Å². The fourth-order valence-corrected chi connectivity index (χ4v) is 1.07. The maximum atomic E-state index is 10.2. The van der Waals surface area contributed by atoms with Gasteiger partial charge in [-0.3, -0.25) is 9.36 Å². The van der Waals surface area contributed by atoms with Gasteiger partial charge in [-0.05, 0) is 6.42 Å². The molecule has 0 saturated carbocycles. The third-order valence-electron chi connectivity index (χ3n) is 1.14. The fraction of sp³-hybridized carbons (Fsp3) is 0.800. The average Bonchev–Trinajstić information content (AvgIpc) is 1.82. The van der Waals surface area contributed by atoms with Crippen LogP contribution in [0.5, 0.6) is 0 Å². The van der Waals surface area contributed by atoms with Crippen molar-refractivity contribution in [3.05, 3.63) is 0 Å². The van der Waals surface area contributed by atoms with E-state index in [9.17, 15) is 9.36 Å². The summed E-state index contributed by atoms with van der Waals surface area (Å²) in [5, 5.41) is 8.36. The molecule has 0 aliphatic rings. The smallest absolute Gasteiger partial charge is 0.307 e. The number of rotatable bonds is 4. The lowest BCUT2D eigenvalue weighted by Crippen LogP contribution is -2.13. The third-order valence-corrected chi connectivity index (χ3v) is 1.73. The molecule has 1 unspecified atom stereocenters. The zero-order chi connectivity index (χ0) is 7.28. The van der Waals surface area contributed by atoms with Crippen LogP contribution in [0.15, 0.2) is 0 Å². The molecule has 0 radical (unpaired) electrons. The molecule has 0 aliphatic carbocycles. The molecule has 0 saturated heterocycles. The Morgan fingerprint density at radius 1 is 1.78 bits per heavy atom. The van der Waals surface area contributed by atoms with Crippen LogP contribution in [0.1, 0.15) is 13.3 Å². The minimum Gasteiger partial charge on any atom is -0.481 e. The second-order valence-corrected chi connectivity index (χ2v) is 2.38. The topological polar surface area (TPSA) is 54.4 Å². The molecule has 0 rings (SSSR count). The van der Waals surface area contributed by atoms with E-state index < -0.39 is 11.9 Å².